The van der Waals surface area contributed by atoms with Gasteiger partial charge in [0.1, 0.15) is 5.82 Å². The van der Waals surface area contributed by atoms with Crippen LogP contribution in [0.5, 0.6) is 0 Å². The highest BCUT2D eigenvalue weighted by Gasteiger charge is 2.38. The van der Waals surface area contributed by atoms with Gasteiger partial charge in [0.25, 0.3) is 11.8 Å². The molecule has 2 fully saturated rings. The Morgan fingerprint density at radius 2 is 1.68 bits per heavy atom. The molecule has 7 nitrogen and oxygen atoms in total. The number of anilines is 1. The fourth-order valence-corrected chi connectivity index (χ4v) is 5.58. The Morgan fingerprint density at radius 3 is 2.41 bits per heavy atom. The van der Waals surface area contributed by atoms with Gasteiger partial charge in [-0.1, -0.05) is 12.1 Å². The first-order valence-corrected chi connectivity index (χ1v) is 12.8. The van der Waals surface area contributed by atoms with Gasteiger partial charge in [-0.2, -0.15) is 13.2 Å². The first kappa shape index (κ1) is 26.9. The summed E-state index contributed by atoms with van der Waals surface area (Å²) in [6, 6.07) is 10.00. The Balaban J connectivity index is 1.33. The number of nitrogens with zero attached hydrogens (tertiary/aromatic N) is 3. The largest absolute Gasteiger partial charge is 0.418 e. The molecule has 0 aromatic heterocycles. The highest BCUT2D eigenvalue weighted by Crippen LogP contribution is 2.34. The van der Waals surface area contributed by atoms with Gasteiger partial charge in [0.2, 0.25) is 5.91 Å². The zero-order valence-electron chi connectivity index (χ0n) is 19.8. The third-order valence-electron chi connectivity index (χ3n) is 6.23. The molecule has 0 saturated carbocycles. The number of thioether (sulfide) groups is 1. The molecule has 1 N–H and O–H groups in total. The van der Waals surface area contributed by atoms with Crippen LogP contribution < -0.4 is 5.32 Å². The third kappa shape index (κ3) is 6.61. The van der Waals surface area contributed by atoms with Gasteiger partial charge in [0.15, 0.2) is 5.37 Å². The molecule has 2 aliphatic heterocycles. The SMILES string of the molecule is O=C(CN1CCCN(C(=O)C2SCCN2C(=O)c2ccc(F)cc2)CC1)Nc1ccccc1C(F)(F)F. The van der Waals surface area contributed by atoms with E-state index in [1.54, 1.807) is 9.80 Å². The number of rotatable bonds is 5. The van der Waals surface area contributed by atoms with E-state index in [1.807, 2.05) is 0 Å². The zero-order chi connectivity index (χ0) is 26.6. The van der Waals surface area contributed by atoms with E-state index in [2.05, 4.69) is 5.32 Å². The van der Waals surface area contributed by atoms with Crippen LogP contribution in [0.4, 0.5) is 23.2 Å². The maximum Gasteiger partial charge on any atom is 0.418 e. The number of carbonyl (C=O) groups is 3. The average Bonchev–Trinajstić information content (AvgIpc) is 3.23. The molecule has 2 aromatic rings. The van der Waals surface area contributed by atoms with E-state index < -0.39 is 28.8 Å². The normalized spacial score (nSPS) is 19.0. The van der Waals surface area contributed by atoms with Gasteiger partial charge in [0, 0.05) is 44.0 Å². The number of benzene rings is 2. The molecular weight excluding hydrogens is 512 g/mol. The van der Waals surface area contributed by atoms with Crippen molar-refractivity contribution in [1.82, 2.24) is 14.7 Å². The molecule has 0 radical (unpaired) electrons. The molecule has 198 valence electrons. The van der Waals surface area contributed by atoms with Crippen molar-refractivity contribution in [2.45, 2.75) is 18.0 Å². The highest BCUT2D eigenvalue weighted by atomic mass is 32.2. The fourth-order valence-electron chi connectivity index (χ4n) is 4.38. The molecule has 0 aliphatic carbocycles. The van der Waals surface area contributed by atoms with Crippen molar-refractivity contribution in [3.63, 3.8) is 0 Å². The maximum atomic E-state index is 13.3. The van der Waals surface area contributed by atoms with Crippen LogP contribution in [0.3, 0.4) is 0 Å². The second-order valence-electron chi connectivity index (χ2n) is 8.78. The fraction of sp³-hybridized carbons (Fsp3) is 0.400. The molecule has 4 rings (SSSR count). The standard InChI is InChI=1S/C25H26F4N4O3S/c26-18-8-6-17(7-9-18)22(35)33-14-15-37-24(33)23(36)32-11-3-10-31(12-13-32)16-21(34)30-20-5-2-1-4-19(20)25(27,28)29/h1-2,4-9,24H,3,10-16H2,(H,30,34). The van der Waals surface area contributed by atoms with E-state index in [0.717, 1.165) is 6.07 Å². The van der Waals surface area contributed by atoms with Crippen molar-refractivity contribution in [3.05, 3.63) is 65.5 Å². The molecular formula is C25H26F4N4O3S. The van der Waals surface area contributed by atoms with Crippen molar-refractivity contribution in [1.29, 1.82) is 0 Å². The molecule has 1 atom stereocenters. The van der Waals surface area contributed by atoms with Gasteiger partial charge in [-0.15, -0.1) is 11.8 Å². The van der Waals surface area contributed by atoms with Crippen molar-refractivity contribution in [2.24, 2.45) is 0 Å². The van der Waals surface area contributed by atoms with E-state index in [4.69, 9.17) is 0 Å². The molecule has 37 heavy (non-hydrogen) atoms. The number of alkyl halides is 3. The Labute approximate surface area is 215 Å². The van der Waals surface area contributed by atoms with Crippen LogP contribution in [-0.2, 0) is 15.8 Å². The van der Waals surface area contributed by atoms with Crippen LogP contribution in [0.1, 0.15) is 22.3 Å². The molecule has 2 aliphatic rings. The summed E-state index contributed by atoms with van der Waals surface area (Å²) in [6.45, 7) is 1.90. The van der Waals surface area contributed by atoms with Gasteiger partial charge in [0.05, 0.1) is 17.8 Å². The molecule has 12 heteroatoms. The van der Waals surface area contributed by atoms with Gasteiger partial charge in [-0.05, 0) is 42.8 Å². The summed E-state index contributed by atoms with van der Waals surface area (Å²) in [5.74, 6) is -0.965. The summed E-state index contributed by atoms with van der Waals surface area (Å²) in [4.78, 5) is 43.7. The first-order chi connectivity index (χ1) is 17.6. The van der Waals surface area contributed by atoms with Crippen molar-refractivity contribution < 1.29 is 31.9 Å². The van der Waals surface area contributed by atoms with Gasteiger partial charge >= 0.3 is 6.18 Å². The first-order valence-electron chi connectivity index (χ1n) is 11.8. The topological polar surface area (TPSA) is 73.0 Å². The number of hydrogen-bond acceptors (Lipinski definition) is 5. The lowest BCUT2D eigenvalue weighted by atomic mass is 10.1. The number of carbonyl (C=O) groups excluding carboxylic acids is 3. The van der Waals surface area contributed by atoms with E-state index in [1.165, 1.54) is 59.1 Å². The van der Waals surface area contributed by atoms with Gasteiger partial charge in [-0.25, -0.2) is 4.39 Å². The van der Waals surface area contributed by atoms with Crippen molar-refractivity contribution in [3.8, 4) is 0 Å². The molecule has 3 amide bonds. The van der Waals surface area contributed by atoms with Gasteiger partial charge in [-0.3, -0.25) is 19.3 Å². The average molecular weight is 539 g/mol. The van der Waals surface area contributed by atoms with Crippen LogP contribution >= 0.6 is 11.8 Å². The quantitative estimate of drug-likeness (QED) is 0.590. The van der Waals surface area contributed by atoms with Crippen LogP contribution in [0.15, 0.2) is 48.5 Å². The Bertz CT molecular complexity index is 1150. The molecule has 1 unspecified atom stereocenters. The summed E-state index contributed by atoms with van der Waals surface area (Å²) in [5.41, 5.74) is -0.901. The predicted octanol–water partition coefficient (Wildman–Crippen LogP) is 3.53. The minimum atomic E-state index is -4.59. The lowest BCUT2D eigenvalue weighted by Gasteiger charge is -2.29. The van der Waals surface area contributed by atoms with Crippen molar-refractivity contribution in [2.75, 3.05) is 50.3 Å². The maximum absolute atomic E-state index is 13.3. The predicted molar refractivity (Wildman–Crippen MR) is 131 cm³/mol. The highest BCUT2D eigenvalue weighted by molar-refractivity contribution is 8.00. The molecule has 2 saturated heterocycles. The summed E-state index contributed by atoms with van der Waals surface area (Å²) < 4.78 is 52.9. The zero-order valence-corrected chi connectivity index (χ0v) is 20.7. The second kappa shape index (κ2) is 11.5. The van der Waals surface area contributed by atoms with Crippen LogP contribution in [0, 0.1) is 5.82 Å². The summed E-state index contributed by atoms with van der Waals surface area (Å²) >= 11 is 1.37. The smallest absolute Gasteiger partial charge is 0.339 e. The second-order valence-corrected chi connectivity index (χ2v) is 9.96. The summed E-state index contributed by atoms with van der Waals surface area (Å²) in [7, 11) is 0. The van der Waals surface area contributed by atoms with E-state index in [0.29, 0.717) is 50.5 Å². The number of halogens is 4. The number of amides is 3. The molecule has 0 spiro atoms. The van der Waals surface area contributed by atoms with E-state index in [-0.39, 0.29) is 24.0 Å². The van der Waals surface area contributed by atoms with Crippen LogP contribution in [0.25, 0.3) is 0 Å². The number of hydrogen-bond donors (Lipinski definition) is 1. The monoisotopic (exact) mass is 538 g/mol. The minimum absolute atomic E-state index is 0.110. The lowest BCUT2D eigenvalue weighted by Crippen LogP contribution is -2.48. The number of para-hydroxylation sites is 1. The lowest BCUT2D eigenvalue weighted by molar-refractivity contribution is -0.137. The van der Waals surface area contributed by atoms with E-state index >= 15 is 0 Å². The molecule has 0 bridgehead atoms. The third-order valence-corrected chi connectivity index (χ3v) is 7.42. The van der Waals surface area contributed by atoms with Gasteiger partial charge < -0.3 is 15.1 Å². The van der Waals surface area contributed by atoms with Crippen molar-refractivity contribution >= 4 is 35.2 Å². The van der Waals surface area contributed by atoms with E-state index in [9.17, 15) is 31.9 Å². The summed E-state index contributed by atoms with van der Waals surface area (Å²) in [6.07, 6.45) is -4.01. The molecule has 2 heterocycles. The summed E-state index contributed by atoms with van der Waals surface area (Å²) in [5, 5.41) is 1.66. The minimum Gasteiger partial charge on any atom is -0.339 e. The van der Waals surface area contributed by atoms with Crippen LogP contribution in [-0.4, -0.2) is 82.8 Å². The number of nitrogens with one attached hydrogen (secondary N) is 1. The molecule has 2 aromatic carbocycles. The Hall–Kier alpha value is -3.12. The van der Waals surface area contributed by atoms with Crippen LogP contribution in [0.2, 0.25) is 0 Å². The Morgan fingerprint density at radius 1 is 0.946 bits per heavy atom. The Kier molecular flexibility index (Phi) is 8.38.